The molecule has 2 heterocycles. The maximum Gasteiger partial charge on any atom is 0.229 e. The van der Waals surface area contributed by atoms with Gasteiger partial charge in [-0.15, -0.1) is 0 Å². The number of rotatable bonds is 2. The van der Waals surface area contributed by atoms with Gasteiger partial charge in [0.15, 0.2) is 16.8 Å². The first kappa shape index (κ1) is 16.9. The van der Waals surface area contributed by atoms with Crippen LogP contribution in [-0.4, -0.2) is 51.0 Å². The molecule has 0 unspecified atom stereocenters. The molecule has 0 bridgehead atoms. The Hall–Kier alpha value is -2.52. The fraction of sp³-hybridized carbons (Fsp3) is 0.333. The third-order valence-corrected chi connectivity index (χ3v) is 4.38. The molecule has 5 atom stereocenters. The van der Waals surface area contributed by atoms with E-state index in [4.69, 9.17) is 13.9 Å². The molecule has 2 aliphatic heterocycles. The van der Waals surface area contributed by atoms with Crippen LogP contribution in [0.25, 0.3) is 22.6 Å². The number of aliphatic hydroxyl groups excluding tert-OH is 3. The lowest BCUT2D eigenvalue weighted by molar-refractivity contribution is -0.268. The molecule has 1 fully saturated rings. The van der Waals surface area contributed by atoms with Crippen LogP contribution in [0.4, 0.5) is 0 Å². The lowest BCUT2D eigenvalue weighted by Crippen LogP contribution is -2.58. The summed E-state index contributed by atoms with van der Waals surface area (Å²) < 4.78 is 16.7. The standard InChI is InChI=1S/C18H17NO7/c1-8-15(21)16(22)17(23)18(24-8)25-10-3-5-12-14(7-10)26-13-6-9(20)2-4-11(13)19-12/h2-8,15-18,21-23H,1H3/t8-,15-,16+,17+,18-/m0/s1. The molecule has 0 aromatic heterocycles. The molecule has 8 heteroatoms. The molecule has 1 saturated heterocycles. The second kappa shape index (κ2) is 6.33. The number of hydrogen-bond donors (Lipinski definition) is 3. The van der Waals surface area contributed by atoms with Gasteiger partial charge < -0.3 is 29.2 Å². The highest BCUT2D eigenvalue weighted by molar-refractivity contribution is 5.77. The van der Waals surface area contributed by atoms with Crippen molar-refractivity contribution in [2.45, 2.75) is 37.6 Å². The Labute approximate surface area is 147 Å². The maximum atomic E-state index is 11.5. The molecule has 1 aromatic rings. The summed E-state index contributed by atoms with van der Waals surface area (Å²) in [5.41, 5.74) is 1.33. The zero-order valence-electron chi connectivity index (χ0n) is 13.8. The van der Waals surface area contributed by atoms with Crippen molar-refractivity contribution in [2.24, 2.45) is 0 Å². The average Bonchev–Trinajstić information content (AvgIpc) is 2.62. The molecular formula is C18H17NO7. The van der Waals surface area contributed by atoms with E-state index in [1.165, 1.54) is 12.1 Å². The van der Waals surface area contributed by atoms with Gasteiger partial charge in [-0.3, -0.25) is 4.79 Å². The van der Waals surface area contributed by atoms with Crippen LogP contribution in [0.2, 0.25) is 0 Å². The van der Waals surface area contributed by atoms with E-state index in [9.17, 15) is 20.1 Å². The zero-order chi connectivity index (χ0) is 18.4. The average molecular weight is 359 g/mol. The number of nitrogens with zero attached hydrogens (tertiary/aromatic N) is 1. The summed E-state index contributed by atoms with van der Waals surface area (Å²) >= 11 is 0. The number of aliphatic hydroxyl groups is 3. The minimum absolute atomic E-state index is 0.185. The lowest BCUT2D eigenvalue weighted by atomic mass is 10.00. The quantitative estimate of drug-likeness (QED) is 0.566. The molecule has 3 aliphatic rings. The Morgan fingerprint density at radius 3 is 2.65 bits per heavy atom. The minimum Gasteiger partial charge on any atom is -0.462 e. The van der Waals surface area contributed by atoms with Crippen molar-refractivity contribution in [3.8, 4) is 17.2 Å². The van der Waals surface area contributed by atoms with Crippen LogP contribution in [0.5, 0.6) is 5.75 Å². The molecule has 0 saturated carbocycles. The van der Waals surface area contributed by atoms with Crippen molar-refractivity contribution >= 4 is 11.1 Å². The largest absolute Gasteiger partial charge is 0.462 e. The molecule has 136 valence electrons. The van der Waals surface area contributed by atoms with Gasteiger partial charge in [-0.05, 0) is 31.2 Å². The van der Waals surface area contributed by atoms with Gasteiger partial charge in [0.25, 0.3) is 0 Å². The van der Waals surface area contributed by atoms with E-state index in [0.29, 0.717) is 28.3 Å². The van der Waals surface area contributed by atoms with Gasteiger partial charge in [0.05, 0.1) is 6.10 Å². The summed E-state index contributed by atoms with van der Waals surface area (Å²) in [5.74, 6) is 0.670. The molecular weight excluding hydrogens is 342 g/mol. The van der Waals surface area contributed by atoms with Crippen molar-refractivity contribution in [1.82, 2.24) is 4.98 Å². The van der Waals surface area contributed by atoms with Crippen molar-refractivity contribution < 1.29 is 29.2 Å². The fourth-order valence-electron chi connectivity index (χ4n) is 2.90. The molecule has 0 amide bonds. The van der Waals surface area contributed by atoms with E-state index in [0.717, 1.165) is 0 Å². The van der Waals surface area contributed by atoms with Crippen molar-refractivity contribution in [3.05, 3.63) is 46.6 Å². The number of aromatic nitrogens is 1. The van der Waals surface area contributed by atoms with Crippen LogP contribution in [0, 0.1) is 0 Å². The van der Waals surface area contributed by atoms with Crippen LogP contribution in [-0.2, 0) is 4.74 Å². The highest BCUT2D eigenvalue weighted by atomic mass is 16.7. The highest BCUT2D eigenvalue weighted by Crippen LogP contribution is 2.29. The molecule has 26 heavy (non-hydrogen) atoms. The third-order valence-electron chi connectivity index (χ3n) is 4.38. The second-order valence-corrected chi connectivity index (χ2v) is 6.27. The number of hydrogen-bond acceptors (Lipinski definition) is 8. The Kier molecular flexibility index (Phi) is 4.12. The molecule has 4 rings (SSSR count). The first-order valence-electron chi connectivity index (χ1n) is 8.13. The monoisotopic (exact) mass is 359 g/mol. The van der Waals surface area contributed by atoms with Gasteiger partial charge in [0.2, 0.25) is 6.29 Å². The Morgan fingerprint density at radius 2 is 1.85 bits per heavy atom. The number of benzene rings is 2. The number of fused-ring (bicyclic) bond motifs is 2. The fourth-order valence-corrected chi connectivity index (χ4v) is 2.90. The molecule has 1 aliphatic carbocycles. The van der Waals surface area contributed by atoms with E-state index < -0.39 is 30.7 Å². The van der Waals surface area contributed by atoms with E-state index in [1.807, 2.05) is 0 Å². The molecule has 0 radical (unpaired) electrons. The maximum absolute atomic E-state index is 11.5. The lowest BCUT2D eigenvalue weighted by Gasteiger charge is -2.38. The molecule has 0 spiro atoms. The summed E-state index contributed by atoms with van der Waals surface area (Å²) in [6, 6.07) is 9.20. The summed E-state index contributed by atoms with van der Waals surface area (Å²) in [6.45, 7) is 1.57. The van der Waals surface area contributed by atoms with Crippen LogP contribution in [0.1, 0.15) is 6.92 Å². The summed E-state index contributed by atoms with van der Waals surface area (Å²) in [7, 11) is 0. The van der Waals surface area contributed by atoms with E-state index in [1.54, 1.807) is 31.2 Å². The Morgan fingerprint density at radius 1 is 1.04 bits per heavy atom. The normalized spacial score (nSPS) is 29.2. The SMILES string of the molecule is C[C@@H]1O[C@@H](Oc2ccc3nc4ccc(=O)cc-4oc3c2)[C@H](O)[C@H](O)[C@H]1O. The van der Waals surface area contributed by atoms with Crippen LogP contribution < -0.4 is 10.2 Å². The van der Waals surface area contributed by atoms with E-state index in [-0.39, 0.29) is 5.43 Å². The summed E-state index contributed by atoms with van der Waals surface area (Å²) in [5, 5.41) is 29.6. The predicted molar refractivity (Wildman–Crippen MR) is 89.9 cm³/mol. The molecule has 8 nitrogen and oxygen atoms in total. The predicted octanol–water partition coefficient (Wildman–Crippen LogP) is 0.499. The van der Waals surface area contributed by atoms with Crippen LogP contribution in [0.15, 0.2) is 45.6 Å². The van der Waals surface area contributed by atoms with Gasteiger partial charge in [-0.2, -0.15) is 0 Å². The molecule has 3 N–H and O–H groups in total. The zero-order valence-corrected chi connectivity index (χ0v) is 13.8. The first-order chi connectivity index (χ1) is 12.4. The van der Waals surface area contributed by atoms with Gasteiger partial charge in [0.1, 0.15) is 35.3 Å². The van der Waals surface area contributed by atoms with Gasteiger partial charge in [0, 0.05) is 12.1 Å². The minimum atomic E-state index is -1.41. The van der Waals surface area contributed by atoms with Gasteiger partial charge >= 0.3 is 0 Å². The topological polar surface area (TPSA) is 122 Å². The molecule has 1 aromatic carbocycles. The second-order valence-electron chi connectivity index (χ2n) is 6.27. The van der Waals surface area contributed by atoms with E-state index >= 15 is 0 Å². The van der Waals surface area contributed by atoms with Crippen molar-refractivity contribution in [1.29, 1.82) is 0 Å². The van der Waals surface area contributed by atoms with Gasteiger partial charge in [-0.1, -0.05) is 0 Å². The smallest absolute Gasteiger partial charge is 0.229 e. The highest BCUT2D eigenvalue weighted by Gasteiger charge is 2.43. The van der Waals surface area contributed by atoms with Crippen LogP contribution >= 0.6 is 0 Å². The van der Waals surface area contributed by atoms with Gasteiger partial charge in [-0.25, -0.2) is 4.98 Å². The third kappa shape index (κ3) is 2.93. The first-order valence-corrected chi connectivity index (χ1v) is 8.13. The summed E-state index contributed by atoms with van der Waals surface area (Å²) in [6.07, 6.45) is -5.85. The van der Waals surface area contributed by atoms with Crippen molar-refractivity contribution in [3.63, 3.8) is 0 Å². The van der Waals surface area contributed by atoms with E-state index in [2.05, 4.69) is 4.98 Å². The number of ether oxygens (including phenoxy) is 2. The van der Waals surface area contributed by atoms with Crippen LogP contribution in [0.3, 0.4) is 0 Å². The Balaban J connectivity index is 1.66. The Bertz CT molecular complexity index is 971. The van der Waals surface area contributed by atoms with Crippen molar-refractivity contribution in [2.75, 3.05) is 0 Å². The summed E-state index contributed by atoms with van der Waals surface area (Å²) in [4.78, 5) is 15.9.